The lowest BCUT2D eigenvalue weighted by atomic mass is 9.85. The number of rotatable bonds is 5. The molecule has 9 nitrogen and oxygen atoms in total. The monoisotopic (exact) mass is 575 g/mol. The number of hydrogen-bond acceptors (Lipinski definition) is 7. The highest BCUT2D eigenvalue weighted by Crippen LogP contribution is 2.38. The molecule has 2 aliphatic rings. The Balaban J connectivity index is 1.45. The molecule has 0 saturated heterocycles. The number of carbonyl (C=O) groups is 2. The first-order chi connectivity index (χ1) is 19.9. The Kier molecular flexibility index (Phi) is 8.60. The SMILES string of the molecule is CC(C)(C)OC(=O)NC1CCC(N(Cc2nc3ccccc3n2C(=O)OC(C)(C)C)[C@H]2CCCc3cccnc32)CC1. The van der Waals surface area contributed by atoms with E-state index in [9.17, 15) is 9.59 Å². The van der Waals surface area contributed by atoms with Gasteiger partial charge in [-0.25, -0.2) is 19.1 Å². The van der Waals surface area contributed by atoms with Crippen molar-refractivity contribution in [2.75, 3.05) is 0 Å². The summed E-state index contributed by atoms with van der Waals surface area (Å²) in [7, 11) is 0. The second kappa shape index (κ2) is 12.0. The molecule has 1 N–H and O–H groups in total. The van der Waals surface area contributed by atoms with Crippen molar-refractivity contribution in [2.24, 2.45) is 0 Å². The molecule has 1 fully saturated rings. The van der Waals surface area contributed by atoms with Gasteiger partial charge in [-0.1, -0.05) is 18.2 Å². The van der Waals surface area contributed by atoms with Crippen molar-refractivity contribution < 1.29 is 19.1 Å². The first-order valence-corrected chi connectivity index (χ1v) is 15.3. The van der Waals surface area contributed by atoms with E-state index >= 15 is 0 Å². The van der Waals surface area contributed by atoms with Gasteiger partial charge >= 0.3 is 12.2 Å². The molecule has 2 aromatic heterocycles. The molecule has 0 spiro atoms. The highest BCUT2D eigenvalue weighted by atomic mass is 16.6. The number of amides is 1. The number of para-hydroxylation sites is 2. The number of pyridine rings is 1. The van der Waals surface area contributed by atoms with Gasteiger partial charge in [-0.15, -0.1) is 0 Å². The molecule has 42 heavy (non-hydrogen) atoms. The molecule has 0 radical (unpaired) electrons. The number of fused-ring (bicyclic) bond motifs is 2. The lowest BCUT2D eigenvalue weighted by Crippen LogP contribution is -2.47. The molecule has 0 bridgehead atoms. The zero-order valence-corrected chi connectivity index (χ0v) is 25.9. The fraction of sp³-hybridized carbons (Fsp3) is 0.576. The lowest BCUT2D eigenvalue weighted by Gasteiger charge is -2.43. The van der Waals surface area contributed by atoms with Crippen molar-refractivity contribution in [3.63, 3.8) is 0 Å². The van der Waals surface area contributed by atoms with E-state index < -0.39 is 17.3 Å². The number of imidazole rings is 1. The van der Waals surface area contributed by atoms with E-state index in [1.807, 2.05) is 78.1 Å². The van der Waals surface area contributed by atoms with Crippen molar-refractivity contribution in [2.45, 2.75) is 122 Å². The standard InChI is InChI=1S/C33H45N5O4/c1-32(2,3)41-30(39)35-23-16-18-24(19-17-23)37(27-15-9-11-22-12-10-20-34-29(22)27)21-28-36-25-13-7-8-14-26(25)38(28)31(40)42-33(4,5)6/h7-8,10,12-14,20,23-24,27H,9,11,15-19,21H2,1-6H3,(H,35,39)/t23?,24?,27-/m0/s1. The van der Waals surface area contributed by atoms with E-state index in [0.29, 0.717) is 12.4 Å². The minimum atomic E-state index is -0.634. The van der Waals surface area contributed by atoms with Gasteiger partial charge in [-0.2, -0.15) is 0 Å². The van der Waals surface area contributed by atoms with E-state index in [2.05, 4.69) is 16.3 Å². The Morgan fingerprint density at radius 3 is 2.38 bits per heavy atom. The van der Waals surface area contributed by atoms with Crippen LogP contribution in [0.4, 0.5) is 9.59 Å². The number of aryl methyl sites for hydroxylation is 1. The number of carbonyl (C=O) groups excluding carboxylic acids is 2. The molecule has 9 heteroatoms. The van der Waals surface area contributed by atoms with Crippen LogP contribution >= 0.6 is 0 Å². The topological polar surface area (TPSA) is 98.6 Å². The van der Waals surface area contributed by atoms with Crippen LogP contribution < -0.4 is 5.32 Å². The molecule has 3 aromatic rings. The number of benzene rings is 1. The Morgan fingerprint density at radius 1 is 0.952 bits per heavy atom. The minimum absolute atomic E-state index is 0.0704. The van der Waals surface area contributed by atoms with Crippen molar-refractivity contribution in [3.8, 4) is 0 Å². The third kappa shape index (κ3) is 7.12. The Morgan fingerprint density at radius 2 is 1.67 bits per heavy atom. The average molecular weight is 576 g/mol. The smallest absolute Gasteiger partial charge is 0.420 e. The van der Waals surface area contributed by atoms with Gasteiger partial charge in [0.25, 0.3) is 0 Å². The molecule has 1 atom stereocenters. The predicted octanol–water partition coefficient (Wildman–Crippen LogP) is 6.93. The van der Waals surface area contributed by atoms with Gasteiger partial charge in [0, 0.05) is 18.3 Å². The molecule has 1 amide bonds. The summed E-state index contributed by atoms with van der Waals surface area (Å²) in [5.41, 5.74) is 2.77. The molecule has 5 rings (SSSR count). The van der Waals surface area contributed by atoms with Crippen LogP contribution in [0.25, 0.3) is 11.0 Å². The van der Waals surface area contributed by atoms with Crippen LogP contribution in [0.2, 0.25) is 0 Å². The maximum Gasteiger partial charge on any atom is 0.420 e. The summed E-state index contributed by atoms with van der Waals surface area (Å²) in [6, 6.07) is 12.4. The van der Waals surface area contributed by atoms with Gasteiger partial charge in [0.15, 0.2) is 0 Å². The molecule has 0 unspecified atom stereocenters. The maximum absolute atomic E-state index is 13.6. The lowest BCUT2D eigenvalue weighted by molar-refractivity contribution is 0.0433. The summed E-state index contributed by atoms with van der Waals surface area (Å²) < 4.78 is 13.0. The Labute approximate surface area is 249 Å². The van der Waals surface area contributed by atoms with Crippen molar-refractivity contribution >= 4 is 23.2 Å². The van der Waals surface area contributed by atoms with Gasteiger partial charge in [-0.3, -0.25) is 9.88 Å². The zero-order chi connectivity index (χ0) is 30.1. The van der Waals surface area contributed by atoms with Gasteiger partial charge in [0.1, 0.15) is 17.0 Å². The molecular weight excluding hydrogens is 530 g/mol. The number of ether oxygens (including phenoxy) is 2. The summed E-state index contributed by atoms with van der Waals surface area (Å²) in [6.45, 7) is 11.8. The van der Waals surface area contributed by atoms with Gasteiger partial charge in [0.05, 0.1) is 29.3 Å². The van der Waals surface area contributed by atoms with E-state index in [0.717, 1.165) is 61.7 Å². The molecule has 2 aliphatic carbocycles. The minimum Gasteiger partial charge on any atom is -0.444 e. The number of nitrogens with one attached hydrogen (secondary N) is 1. The van der Waals surface area contributed by atoms with Crippen LogP contribution in [0, 0.1) is 0 Å². The number of hydrogen-bond donors (Lipinski definition) is 1. The fourth-order valence-corrected chi connectivity index (χ4v) is 6.28. The Hall–Kier alpha value is -3.46. The number of alkyl carbamates (subject to hydrolysis) is 1. The number of aromatic nitrogens is 3. The third-order valence-corrected chi connectivity index (χ3v) is 7.98. The van der Waals surface area contributed by atoms with Gasteiger partial charge < -0.3 is 14.8 Å². The van der Waals surface area contributed by atoms with E-state index in [-0.39, 0.29) is 24.2 Å². The first kappa shape index (κ1) is 30.0. The molecule has 0 aliphatic heterocycles. The molecule has 1 saturated carbocycles. The fourth-order valence-electron chi connectivity index (χ4n) is 6.28. The van der Waals surface area contributed by atoms with Crippen LogP contribution in [0.15, 0.2) is 42.6 Å². The summed E-state index contributed by atoms with van der Waals surface area (Å²) in [5, 5.41) is 3.07. The molecular formula is C33H45N5O4. The summed E-state index contributed by atoms with van der Waals surface area (Å²) >= 11 is 0. The first-order valence-electron chi connectivity index (χ1n) is 15.3. The molecule has 2 heterocycles. The normalized spacial score (nSPS) is 21.2. The quantitative estimate of drug-likeness (QED) is 0.352. The van der Waals surface area contributed by atoms with Crippen LogP contribution in [-0.4, -0.2) is 54.9 Å². The van der Waals surface area contributed by atoms with Gasteiger partial charge in [0.2, 0.25) is 0 Å². The van der Waals surface area contributed by atoms with E-state index in [4.69, 9.17) is 19.4 Å². The Bertz CT molecular complexity index is 1410. The molecule has 226 valence electrons. The second-order valence-electron chi connectivity index (χ2n) is 13.6. The second-order valence-corrected chi connectivity index (χ2v) is 13.6. The molecule has 1 aromatic carbocycles. The van der Waals surface area contributed by atoms with Crippen molar-refractivity contribution in [1.29, 1.82) is 0 Å². The van der Waals surface area contributed by atoms with Crippen LogP contribution in [-0.2, 0) is 22.4 Å². The van der Waals surface area contributed by atoms with Crippen LogP contribution in [0.3, 0.4) is 0 Å². The highest BCUT2D eigenvalue weighted by Gasteiger charge is 2.36. The predicted molar refractivity (Wildman–Crippen MR) is 162 cm³/mol. The highest BCUT2D eigenvalue weighted by molar-refractivity contribution is 5.87. The van der Waals surface area contributed by atoms with E-state index in [1.54, 1.807) is 4.57 Å². The maximum atomic E-state index is 13.6. The summed E-state index contributed by atoms with van der Waals surface area (Å²) in [4.78, 5) is 38.3. The van der Waals surface area contributed by atoms with Crippen LogP contribution in [0.1, 0.15) is 103 Å². The van der Waals surface area contributed by atoms with Crippen molar-refractivity contribution in [3.05, 3.63) is 59.7 Å². The zero-order valence-electron chi connectivity index (χ0n) is 25.9. The summed E-state index contributed by atoms with van der Waals surface area (Å²) in [5.74, 6) is 0.669. The third-order valence-electron chi connectivity index (χ3n) is 7.98. The van der Waals surface area contributed by atoms with E-state index in [1.165, 1.54) is 5.56 Å². The number of nitrogens with zero attached hydrogens (tertiary/aromatic N) is 4. The largest absolute Gasteiger partial charge is 0.444 e. The van der Waals surface area contributed by atoms with Gasteiger partial charge in [-0.05, 0) is 110 Å². The average Bonchev–Trinajstić information content (AvgIpc) is 3.28. The van der Waals surface area contributed by atoms with Crippen LogP contribution in [0.5, 0.6) is 0 Å². The van der Waals surface area contributed by atoms with Crippen molar-refractivity contribution in [1.82, 2.24) is 24.8 Å². The summed E-state index contributed by atoms with van der Waals surface area (Å²) in [6.07, 6.45) is 7.72.